The standard InChI is InChI=1S/C18H20ClF3N4O3S/c19-16-11-13(18(20,21)22)12-24-17(16)26-7-5-25(6-8-26)9-10-29-14-1-3-15(4-2-14)30(23,27)28/h1-4,11-12H,5-10H2,(H2,23,27,28). The fourth-order valence-electron chi connectivity index (χ4n) is 3.02. The smallest absolute Gasteiger partial charge is 0.417 e. The van der Waals surface area contributed by atoms with Crippen LogP contribution in [0.4, 0.5) is 19.0 Å². The van der Waals surface area contributed by atoms with Crippen LogP contribution in [0.15, 0.2) is 41.4 Å². The van der Waals surface area contributed by atoms with Gasteiger partial charge in [0.15, 0.2) is 0 Å². The number of alkyl halides is 3. The summed E-state index contributed by atoms with van der Waals surface area (Å²) in [6.07, 6.45) is -3.69. The van der Waals surface area contributed by atoms with E-state index in [2.05, 4.69) is 9.88 Å². The van der Waals surface area contributed by atoms with E-state index in [1.807, 2.05) is 4.90 Å². The van der Waals surface area contributed by atoms with Crippen molar-refractivity contribution >= 4 is 27.4 Å². The number of hydrogen-bond donors (Lipinski definition) is 1. The first-order chi connectivity index (χ1) is 14.0. The third-order valence-corrected chi connectivity index (χ3v) is 5.86. The number of pyridine rings is 1. The van der Waals surface area contributed by atoms with Crippen molar-refractivity contribution < 1.29 is 26.3 Å². The van der Waals surface area contributed by atoms with Crippen molar-refractivity contribution in [3.8, 4) is 5.75 Å². The van der Waals surface area contributed by atoms with Crippen molar-refractivity contribution in [3.63, 3.8) is 0 Å². The number of hydrogen-bond acceptors (Lipinski definition) is 6. The lowest BCUT2D eigenvalue weighted by Crippen LogP contribution is -2.47. The lowest BCUT2D eigenvalue weighted by Gasteiger charge is -2.35. The van der Waals surface area contributed by atoms with E-state index in [1.165, 1.54) is 24.3 Å². The van der Waals surface area contributed by atoms with E-state index in [-0.39, 0.29) is 9.92 Å². The second-order valence-electron chi connectivity index (χ2n) is 6.72. The second kappa shape index (κ2) is 8.96. The van der Waals surface area contributed by atoms with Gasteiger partial charge in [0.2, 0.25) is 10.0 Å². The van der Waals surface area contributed by atoms with Gasteiger partial charge >= 0.3 is 6.18 Å². The van der Waals surface area contributed by atoms with E-state index < -0.39 is 21.8 Å². The zero-order valence-corrected chi connectivity index (χ0v) is 17.3. The number of nitrogens with zero attached hydrogens (tertiary/aromatic N) is 3. The van der Waals surface area contributed by atoms with Crippen LogP contribution in [0.3, 0.4) is 0 Å². The summed E-state index contributed by atoms with van der Waals surface area (Å²) in [5.41, 5.74) is -0.871. The normalized spacial score (nSPS) is 16.0. The Kier molecular flexibility index (Phi) is 6.75. The molecular weight excluding hydrogens is 445 g/mol. The Bertz CT molecular complexity index is 979. The molecule has 2 N–H and O–H groups in total. The van der Waals surface area contributed by atoms with Crippen LogP contribution in [0.1, 0.15) is 5.56 Å². The molecule has 0 atom stereocenters. The number of rotatable bonds is 6. The number of primary sulfonamides is 1. The number of nitrogens with two attached hydrogens (primary N) is 1. The highest BCUT2D eigenvalue weighted by Gasteiger charge is 2.32. The zero-order valence-electron chi connectivity index (χ0n) is 15.8. The van der Waals surface area contributed by atoms with Crippen LogP contribution in [0.25, 0.3) is 0 Å². The number of aromatic nitrogens is 1. The Morgan fingerprint density at radius 1 is 1.13 bits per heavy atom. The van der Waals surface area contributed by atoms with Crippen LogP contribution in [0, 0.1) is 0 Å². The SMILES string of the molecule is NS(=O)(=O)c1ccc(OCCN2CCN(c3ncc(C(F)(F)F)cc3Cl)CC2)cc1. The van der Waals surface area contributed by atoms with Crippen molar-refractivity contribution in [2.75, 3.05) is 44.2 Å². The largest absolute Gasteiger partial charge is 0.492 e. The molecule has 7 nitrogen and oxygen atoms in total. The van der Waals surface area contributed by atoms with Crippen molar-refractivity contribution in [1.29, 1.82) is 0 Å². The van der Waals surface area contributed by atoms with Gasteiger partial charge in [0.1, 0.15) is 18.2 Å². The molecule has 0 bridgehead atoms. The fraction of sp³-hybridized carbons (Fsp3) is 0.389. The molecule has 2 aromatic rings. The molecule has 1 aromatic carbocycles. The molecule has 3 rings (SSSR count). The van der Waals surface area contributed by atoms with Gasteiger partial charge in [-0.3, -0.25) is 4.90 Å². The molecule has 0 saturated carbocycles. The van der Waals surface area contributed by atoms with Crippen LogP contribution >= 0.6 is 11.6 Å². The van der Waals surface area contributed by atoms with E-state index in [1.54, 1.807) is 0 Å². The Labute approximate surface area is 177 Å². The molecule has 0 radical (unpaired) electrons. The minimum absolute atomic E-state index is 0.0153. The number of ether oxygens (including phenoxy) is 1. The minimum Gasteiger partial charge on any atom is -0.492 e. The first-order valence-corrected chi connectivity index (χ1v) is 10.9. The maximum absolute atomic E-state index is 12.7. The number of sulfonamides is 1. The Morgan fingerprint density at radius 2 is 1.77 bits per heavy atom. The summed E-state index contributed by atoms with van der Waals surface area (Å²) >= 11 is 6.01. The molecule has 0 aliphatic carbocycles. The highest BCUT2D eigenvalue weighted by Crippen LogP contribution is 2.33. The molecule has 1 aliphatic heterocycles. The molecule has 2 heterocycles. The van der Waals surface area contributed by atoms with Gasteiger partial charge < -0.3 is 9.64 Å². The van der Waals surface area contributed by atoms with Crippen LogP contribution in [0.2, 0.25) is 5.02 Å². The molecule has 1 fully saturated rings. The molecular formula is C18H20ClF3N4O3S. The van der Waals surface area contributed by atoms with E-state index in [4.69, 9.17) is 21.5 Å². The second-order valence-corrected chi connectivity index (χ2v) is 8.69. The first kappa shape index (κ1) is 22.6. The molecule has 0 unspecified atom stereocenters. The van der Waals surface area contributed by atoms with Gasteiger partial charge in [0.25, 0.3) is 0 Å². The summed E-state index contributed by atoms with van der Waals surface area (Å²) in [5, 5.41) is 5.03. The van der Waals surface area contributed by atoms with Gasteiger partial charge in [-0.25, -0.2) is 18.5 Å². The summed E-state index contributed by atoms with van der Waals surface area (Å²) in [7, 11) is -3.74. The van der Waals surface area contributed by atoms with Crippen molar-refractivity contribution in [2.45, 2.75) is 11.1 Å². The van der Waals surface area contributed by atoms with E-state index in [0.717, 1.165) is 12.3 Å². The quantitative estimate of drug-likeness (QED) is 0.707. The van der Waals surface area contributed by atoms with Crippen LogP contribution in [0.5, 0.6) is 5.75 Å². The monoisotopic (exact) mass is 464 g/mol. The Hall–Kier alpha value is -2.08. The van der Waals surface area contributed by atoms with Gasteiger partial charge in [0.05, 0.1) is 15.5 Å². The molecule has 1 aromatic heterocycles. The zero-order chi connectivity index (χ0) is 21.9. The molecule has 1 aliphatic rings. The Morgan fingerprint density at radius 3 is 2.30 bits per heavy atom. The summed E-state index contributed by atoms with van der Waals surface area (Å²) in [4.78, 5) is 7.91. The number of piperazine rings is 1. The molecule has 1 saturated heterocycles. The predicted octanol–water partition coefficient (Wildman–Crippen LogP) is 2.60. The topological polar surface area (TPSA) is 88.8 Å². The molecule has 0 spiro atoms. The van der Waals surface area contributed by atoms with Gasteiger partial charge in [-0.2, -0.15) is 13.2 Å². The van der Waals surface area contributed by atoms with Crippen molar-refractivity contribution in [2.24, 2.45) is 5.14 Å². The lowest BCUT2D eigenvalue weighted by atomic mass is 10.2. The predicted molar refractivity (Wildman–Crippen MR) is 106 cm³/mol. The highest BCUT2D eigenvalue weighted by molar-refractivity contribution is 7.89. The number of benzene rings is 1. The average Bonchev–Trinajstić information content (AvgIpc) is 2.68. The van der Waals surface area contributed by atoms with Crippen LogP contribution in [-0.4, -0.2) is 57.6 Å². The van der Waals surface area contributed by atoms with Crippen LogP contribution in [-0.2, 0) is 16.2 Å². The van der Waals surface area contributed by atoms with E-state index in [0.29, 0.717) is 50.9 Å². The van der Waals surface area contributed by atoms with Gasteiger partial charge in [-0.15, -0.1) is 0 Å². The highest BCUT2D eigenvalue weighted by atomic mass is 35.5. The Balaban J connectivity index is 1.47. The van der Waals surface area contributed by atoms with Gasteiger partial charge in [-0.1, -0.05) is 11.6 Å². The van der Waals surface area contributed by atoms with E-state index in [9.17, 15) is 21.6 Å². The maximum Gasteiger partial charge on any atom is 0.417 e. The molecule has 0 amide bonds. The van der Waals surface area contributed by atoms with Crippen LogP contribution < -0.4 is 14.8 Å². The minimum atomic E-state index is -4.48. The first-order valence-electron chi connectivity index (χ1n) is 9.00. The van der Waals surface area contributed by atoms with E-state index >= 15 is 0 Å². The summed E-state index contributed by atoms with van der Waals surface area (Å²) in [5.74, 6) is 0.872. The molecule has 12 heteroatoms. The van der Waals surface area contributed by atoms with Crippen molar-refractivity contribution in [1.82, 2.24) is 9.88 Å². The summed E-state index contributed by atoms with van der Waals surface area (Å²) in [6, 6.07) is 6.73. The summed E-state index contributed by atoms with van der Waals surface area (Å²) in [6.45, 7) is 3.52. The molecule has 164 valence electrons. The van der Waals surface area contributed by atoms with Gasteiger partial charge in [0, 0.05) is 38.9 Å². The molecule has 30 heavy (non-hydrogen) atoms. The third-order valence-electron chi connectivity index (χ3n) is 4.65. The fourth-order valence-corrected chi connectivity index (χ4v) is 3.82. The van der Waals surface area contributed by atoms with Crippen molar-refractivity contribution in [3.05, 3.63) is 47.1 Å². The average molecular weight is 465 g/mol. The maximum atomic E-state index is 12.7. The number of halogens is 4. The lowest BCUT2D eigenvalue weighted by molar-refractivity contribution is -0.137. The van der Waals surface area contributed by atoms with Gasteiger partial charge in [-0.05, 0) is 30.3 Å². The number of anilines is 1. The summed E-state index contributed by atoms with van der Waals surface area (Å²) < 4.78 is 66.3. The third kappa shape index (κ3) is 5.75.